The molecule has 0 bridgehead atoms. The highest BCUT2D eigenvalue weighted by Crippen LogP contribution is 2.25. The van der Waals surface area contributed by atoms with E-state index < -0.39 is 0 Å². The summed E-state index contributed by atoms with van der Waals surface area (Å²) in [5, 5.41) is 0. The van der Waals surface area contributed by atoms with E-state index in [1.807, 2.05) is 26.0 Å². The molecule has 1 heterocycles. The molecule has 0 aliphatic carbocycles. The van der Waals surface area contributed by atoms with Crippen LogP contribution in [0.15, 0.2) is 34.7 Å². The number of benzene rings is 1. The van der Waals surface area contributed by atoms with Gasteiger partial charge in [0.25, 0.3) is 5.95 Å². The summed E-state index contributed by atoms with van der Waals surface area (Å²) in [4.78, 5) is 10.4. The number of hydrogen-bond acceptors (Lipinski definition) is 3. The van der Waals surface area contributed by atoms with Gasteiger partial charge in [-0.25, -0.2) is 0 Å². The van der Waals surface area contributed by atoms with Crippen molar-refractivity contribution < 1.29 is 13.9 Å². The third-order valence-corrected chi connectivity index (χ3v) is 2.13. The number of furan rings is 1. The van der Waals surface area contributed by atoms with Gasteiger partial charge in [-0.3, -0.25) is 4.79 Å². The third-order valence-electron chi connectivity index (χ3n) is 2.13. The molecule has 0 atom stereocenters. The Hall–Kier alpha value is -2.03. The first kappa shape index (κ1) is 10.5. The van der Waals surface area contributed by atoms with Gasteiger partial charge in [-0.05, 0) is 43.2 Å². The maximum Gasteiger partial charge on any atom is 0.290 e. The first-order valence-electron chi connectivity index (χ1n) is 4.98. The van der Waals surface area contributed by atoms with E-state index >= 15 is 0 Å². The summed E-state index contributed by atoms with van der Waals surface area (Å²) < 4.78 is 10.6. The van der Waals surface area contributed by atoms with Crippen molar-refractivity contribution in [3.8, 4) is 11.7 Å². The smallest absolute Gasteiger partial charge is 0.290 e. The highest BCUT2D eigenvalue weighted by Gasteiger charge is 2.04. The quantitative estimate of drug-likeness (QED) is 0.737. The molecule has 0 saturated carbocycles. The van der Waals surface area contributed by atoms with E-state index in [0.717, 1.165) is 11.1 Å². The zero-order valence-corrected chi connectivity index (χ0v) is 9.19. The molecule has 1 aromatic carbocycles. The number of rotatable bonds is 3. The van der Waals surface area contributed by atoms with E-state index in [9.17, 15) is 4.79 Å². The lowest BCUT2D eigenvalue weighted by Crippen LogP contribution is -1.84. The van der Waals surface area contributed by atoms with Crippen LogP contribution in [0.3, 0.4) is 0 Å². The molecule has 0 spiro atoms. The second-order valence-corrected chi connectivity index (χ2v) is 3.70. The normalized spacial score (nSPS) is 10.1. The lowest BCUT2D eigenvalue weighted by atomic mass is 10.1. The Morgan fingerprint density at radius 2 is 1.81 bits per heavy atom. The van der Waals surface area contributed by atoms with Crippen molar-refractivity contribution in [3.63, 3.8) is 0 Å². The van der Waals surface area contributed by atoms with Gasteiger partial charge in [-0.1, -0.05) is 6.07 Å². The molecule has 0 N–H and O–H groups in total. The monoisotopic (exact) mass is 216 g/mol. The van der Waals surface area contributed by atoms with E-state index in [1.165, 1.54) is 0 Å². The number of ether oxygens (including phenoxy) is 1. The predicted octanol–water partition coefficient (Wildman–Crippen LogP) is 3.50. The predicted molar refractivity (Wildman–Crippen MR) is 60.1 cm³/mol. The van der Waals surface area contributed by atoms with Crippen LogP contribution in [0.5, 0.6) is 11.7 Å². The van der Waals surface area contributed by atoms with Crippen LogP contribution in [0.4, 0.5) is 0 Å². The molecule has 0 aliphatic rings. The molecule has 82 valence electrons. The fourth-order valence-corrected chi connectivity index (χ4v) is 1.56. The van der Waals surface area contributed by atoms with Crippen LogP contribution in [0, 0.1) is 13.8 Å². The van der Waals surface area contributed by atoms with Crippen LogP contribution in [0.25, 0.3) is 0 Å². The Balaban J connectivity index is 2.22. The van der Waals surface area contributed by atoms with E-state index in [0.29, 0.717) is 18.0 Å². The fraction of sp³-hybridized carbons (Fsp3) is 0.154. The summed E-state index contributed by atoms with van der Waals surface area (Å²) in [6, 6.07) is 9.09. The number of carbonyl (C=O) groups is 1. The topological polar surface area (TPSA) is 39.4 Å². The molecule has 3 nitrogen and oxygen atoms in total. The second-order valence-electron chi connectivity index (χ2n) is 3.70. The maximum atomic E-state index is 10.4. The van der Waals surface area contributed by atoms with Gasteiger partial charge in [0.2, 0.25) is 0 Å². The highest BCUT2D eigenvalue weighted by atomic mass is 16.6. The molecule has 0 saturated heterocycles. The summed E-state index contributed by atoms with van der Waals surface area (Å²) in [7, 11) is 0. The molecule has 2 aromatic rings. The Kier molecular flexibility index (Phi) is 2.77. The van der Waals surface area contributed by atoms with Crippen molar-refractivity contribution in [1.29, 1.82) is 0 Å². The second kappa shape index (κ2) is 4.23. The Morgan fingerprint density at radius 3 is 2.38 bits per heavy atom. The molecule has 2 rings (SSSR count). The molecule has 0 unspecified atom stereocenters. The molecule has 3 heteroatoms. The van der Waals surface area contributed by atoms with Crippen LogP contribution in [0.2, 0.25) is 0 Å². The number of aryl methyl sites for hydroxylation is 2. The molecule has 0 radical (unpaired) electrons. The number of hydrogen-bond donors (Lipinski definition) is 0. The van der Waals surface area contributed by atoms with Gasteiger partial charge >= 0.3 is 0 Å². The van der Waals surface area contributed by atoms with E-state index in [-0.39, 0.29) is 5.76 Å². The zero-order chi connectivity index (χ0) is 11.5. The summed E-state index contributed by atoms with van der Waals surface area (Å²) in [5.41, 5.74) is 2.24. The molecular formula is C13H12O3. The first-order chi connectivity index (χ1) is 7.67. The minimum atomic E-state index is 0.263. The van der Waals surface area contributed by atoms with Crippen LogP contribution >= 0.6 is 0 Å². The summed E-state index contributed by atoms with van der Waals surface area (Å²) in [6.45, 7) is 4.00. The zero-order valence-electron chi connectivity index (χ0n) is 9.19. The van der Waals surface area contributed by atoms with Crippen molar-refractivity contribution in [3.05, 3.63) is 47.2 Å². The average molecular weight is 216 g/mol. The van der Waals surface area contributed by atoms with Gasteiger partial charge in [0, 0.05) is 6.07 Å². The molecule has 16 heavy (non-hydrogen) atoms. The van der Waals surface area contributed by atoms with E-state index in [4.69, 9.17) is 9.15 Å². The number of aldehydes is 1. The highest BCUT2D eigenvalue weighted by molar-refractivity contribution is 5.70. The van der Waals surface area contributed by atoms with Gasteiger partial charge in [-0.2, -0.15) is 0 Å². The summed E-state index contributed by atoms with van der Waals surface area (Å²) >= 11 is 0. The summed E-state index contributed by atoms with van der Waals surface area (Å²) in [5.74, 6) is 1.30. The van der Waals surface area contributed by atoms with E-state index in [2.05, 4.69) is 6.07 Å². The first-order valence-corrected chi connectivity index (χ1v) is 4.98. The molecule has 0 aliphatic heterocycles. The van der Waals surface area contributed by atoms with Gasteiger partial charge in [0.1, 0.15) is 5.75 Å². The van der Waals surface area contributed by atoms with Gasteiger partial charge in [-0.15, -0.1) is 0 Å². The lowest BCUT2D eigenvalue weighted by molar-refractivity contribution is 0.109. The van der Waals surface area contributed by atoms with Crippen molar-refractivity contribution >= 4 is 6.29 Å². The molecule has 0 amide bonds. The van der Waals surface area contributed by atoms with Crippen molar-refractivity contribution in [2.45, 2.75) is 13.8 Å². The minimum Gasteiger partial charge on any atom is -0.426 e. The molecular weight excluding hydrogens is 204 g/mol. The lowest BCUT2D eigenvalue weighted by Gasteiger charge is -2.04. The van der Waals surface area contributed by atoms with Crippen LogP contribution in [-0.2, 0) is 0 Å². The largest absolute Gasteiger partial charge is 0.426 e. The average Bonchev–Trinajstić information content (AvgIpc) is 2.64. The maximum absolute atomic E-state index is 10.4. The van der Waals surface area contributed by atoms with Gasteiger partial charge < -0.3 is 9.15 Å². The molecule has 1 aromatic heterocycles. The van der Waals surface area contributed by atoms with Crippen molar-refractivity contribution in [2.24, 2.45) is 0 Å². The van der Waals surface area contributed by atoms with Gasteiger partial charge in [0.15, 0.2) is 12.0 Å². The van der Waals surface area contributed by atoms with E-state index in [1.54, 1.807) is 12.1 Å². The standard InChI is InChI=1S/C13H12O3/c1-9-5-10(2)7-12(6-9)16-13-4-3-11(8-14)15-13/h3-8H,1-2H3. The van der Waals surface area contributed by atoms with Crippen LogP contribution < -0.4 is 4.74 Å². The van der Waals surface area contributed by atoms with Crippen molar-refractivity contribution in [2.75, 3.05) is 0 Å². The van der Waals surface area contributed by atoms with Crippen LogP contribution in [-0.4, -0.2) is 6.29 Å². The summed E-state index contributed by atoms with van der Waals surface area (Å²) in [6.07, 6.45) is 0.647. The Bertz CT molecular complexity index is 491. The molecule has 0 fully saturated rings. The SMILES string of the molecule is Cc1cc(C)cc(Oc2ccc(C=O)o2)c1. The minimum absolute atomic E-state index is 0.263. The fourth-order valence-electron chi connectivity index (χ4n) is 1.56. The Morgan fingerprint density at radius 1 is 1.12 bits per heavy atom. The third kappa shape index (κ3) is 2.31. The van der Waals surface area contributed by atoms with Gasteiger partial charge in [0.05, 0.1) is 0 Å². The van der Waals surface area contributed by atoms with Crippen molar-refractivity contribution in [1.82, 2.24) is 0 Å². The Labute approximate surface area is 93.7 Å². The van der Waals surface area contributed by atoms with Crippen LogP contribution in [0.1, 0.15) is 21.7 Å². The number of carbonyl (C=O) groups excluding carboxylic acids is 1.